The summed E-state index contributed by atoms with van der Waals surface area (Å²) in [5, 5.41) is 20.2. The molecule has 0 bridgehead atoms. The first-order valence-electron chi connectivity index (χ1n) is 10.7. The second kappa shape index (κ2) is 9.27. The van der Waals surface area contributed by atoms with E-state index in [1.807, 2.05) is 13.8 Å². The van der Waals surface area contributed by atoms with Crippen LogP contribution in [0.4, 0.5) is 5.69 Å². The van der Waals surface area contributed by atoms with Crippen molar-refractivity contribution in [1.29, 1.82) is 0 Å². The molecule has 1 unspecified atom stereocenters. The highest BCUT2D eigenvalue weighted by Crippen LogP contribution is 2.42. The third kappa shape index (κ3) is 4.43. The van der Waals surface area contributed by atoms with Gasteiger partial charge in [-0.2, -0.15) is 0 Å². The molecule has 0 spiro atoms. The number of carboxylic acids is 1. The molecule has 1 atom stereocenters. The molecular formula is C26H23NO7. The maximum Gasteiger partial charge on any atom is 0.307 e. The number of hydrogen-bond acceptors (Lipinski definition) is 6. The average Bonchev–Trinajstić information content (AvgIpc) is 3.40. The van der Waals surface area contributed by atoms with E-state index in [0.717, 1.165) is 0 Å². The summed E-state index contributed by atoms with van der Waals surface area (Å²) < 4.78 is 11.2. The molecule has 2 N–H and O–H groups in total. The van der Waals surface area contributed by atoms with Crippen LogP contribution in [-0.2, 0) is 20.8 Å². The quantitative estimate of drug-likeness (QED) is 0.306. The maximum atomic E-state index is 13.1. The Hall–Kier alpha value is -4.33. The van der Waals surface area contributed by atoms with E-state index in [0.29, 0.717) is 28.3 Å². The van der Waals surface area contributed by atoms with E-state index < -0.39 is 23.7 Å². The van der Waals surface area contributed by atoms with Gasteiger partial charge in [0.25, 0.3) is 11.7 Å². The number of ketones is 1. The normalized spacial score (nSPS) is 17.4. The molecule has 1 amide bonds. The van der Waals surface area contributed by atoms with Crippen LogP contribution < -0.4 is 9.64 Å². The zero-order chi connectivity index (χ0) is 24.4. The second-order valence-electron chi connectivity index (χ2n) is 8.12. The van der Waals surface area contributed by atoms with Crippen molar-refractivity contribution in [3.8, 4) is 5.75 Å². The number of anilines is 1. The number of amides is 1. The molecule has 1 saturated heterocycles. The third-order valence-corrected chi connectivity index (χ3v) is 5.31. The molecule has 0 aliphatic carbocycles. The van der Waals surface area contributed by atoms with E-state index in [-0.39, 0.29) is 23.9 Å². The molecule has 34 heavy (non-hydrogen) atoms. The zero-order valence-electron chi connectivity index (χ0n) is 18.6. The largest absolute Gasteiger partial charge is 0.507 e. The number of benzene rings is 2. The molecule has 8 nitrogen and oxygen atoms in total. The second-order valence-corrected chi connectivity index (χ2v) is 8.12. The maximum absolute atomic E-state index is 13.1. The van der Waals surface area contributed by atoms with E-state index in [4.69, 9.17) is 14.3 Å². The van der Waals surface area contributed by atoms with E-state index in [1.165, 1.54) is 11.2 Å². The molecule has 0 saturated carbocycles. The fraction of sp³-hybridized carbons (Fsp3) is 0.192. The van der Waals surface area contributed by atoms with E-state index in [2.05, 4.69) is 0 Å². The number of nitrogens with zero attached hydrogens (tertiary/aromatic N) is 1. The lowest BCUT2D eigenvalue weighted by Gasteiger charge is -2.23. The van der Waals surface area contributed by atoms with Gasteiger partial charge in [0.15, 0.2) is 0 Å². The summed E-state index contributed by atoms with van der Waals surface area (Å²) in [6, 6.07) is 15.2. The smallest absolute Gasteiger partial charge is 0.307 e. The Balaban J connectivity index is 1.81. The number of hydrogen-bond donors (Lipinski definition) is 2. The number of carbonyl (C=O) groups is 3. The van der Waals surface area contributed by atoms with Crippen LogP contribution in [0.3, 0.4) is 0 Å². The average molecular weight is 461 g/mol. The summed E-state index contributed by atoms with van der Waals surface area (Å²) in [5.41, 5.74) is 1.12. The predicted molar refractivity (Wildman–Crippen MR) is 123 cm³/mol. The minimum Gasteiger partial charge on any atom is -0.507 e. The number of furan rings is 1. The number of Topliss-reactive ketones (excluding diaryl/α,β-unsaturated/α-hetero) is 1. The zero-order valence-corrected chi connectivity index (χ0v) is 18.6. The molecule has 1 aliphatic heterocycles. The summed E-state index contributed by atoms with van der Waals surface area (Å²) in [4.78, 5) is 38.5. The van der Waals surface area contributed by atoms with Gasteiger partial charge in [-0.15, -0.1) is 0 Å². The number of rotatable bonds is 7. The first-order valence-corrected chi connectivity index (χ1v) is 10.7. The molecule has 1 aliphatic rings. The lowest BCUT2D eigenvalue weighted by molar-refractivity contribution is -0.136. The molecule has 1 fully saturated rings. The number of carbonyl (C=O) groups excluding carboxylic acids is 2. The number of carboxylic acid groups (broad SMARTS) is 1. The van der Waals surface area contributed by atoms with Gasteiger partial charge < -0.3 is 19.4 Å². The van der Waals surface area contributed by atoms with Crippen molar-refractivity contribution in [2.45, 2.75) is 32.4 Å². The van der Waals surface area contributed by atoms with Gasteiger partial charge in [0.05, 0.1) is 24.4 Å². The van der Waals surface area contributed by atoms with Gasteiger partial charge in [0.2, 0.25) is 0 Å². The van der Waals surface area contributed by atoms with Gasteiger partial charge in [-0.1, -0.05) is 24.3 Å². The van der Waals surface area contributed by atoms with Crippen LogP contribution in [0.2, 0.25) is 0 Å². The SMILES string of the molecule is CC(C)Oc1cccc(/C(O)=C2/C(=O)C(=O)N(c3ccc(CC(=O)O)cc3)C2c2ccco2)c1. The third-order valence-electron chi connectivity index (χ3n) is 5.31. The Morgan fingerprint density at radius 1 is 1.06 bits per heavy atom. The minimum atomic E-state index is -1.00. The molecule has 1 aromatic heterocycles. The monoisotopic (exact) mass is 461 g/mol. The lowest BCUT2D eigenvalue weighted by Crippen LogP contribution is -2.29. The van der Waals surface area contributed by atoms with Gasteiger partial charge in [-0.05, 0) is 55.8 Å². The summed E-state index contributed by atoms with van der Waals surface area (Å²) in [5.74, 6) is -2.21. The van der Waals surface area contributed by atoms with Crippen LogP contribution >= 0.6 is 0 Å². The molecule has 0 radical (unpaired) electrons. The molecule has 4 rings (SSSR count). The van der Waals surface area contributed by atoms with Crippen LogP contribution in [0.1, 0.15) is 36.8 Å². The molecule has 2 aromatic carbocycles. The Morgan fingerprint density at radius 2 is 1.79 bits per heavy atom. The summed E-state index contributed by atoms with van der Waals surface area (Å²) >= 11 is 0. The number of aliphatic carboxylic acids is 1. The molecule has 3 aromatic rings. The standard InChI is InChI=1S/C26H23NO7/c1-15(2)34-19-6-3-5-17(14-19)24(30)22-23(20-7-4-12-33-20)27(26(32)25(22)31)18-10-8-16(9-11-18)13-21(28)29/h3-12,14-15,23,30H,13H2,1-2H3,(H,28,29)/b24-22-. The van der Waals surface area contributed by atoms with Gasteiger partial charge >= 0.3 is 5.97 Å². The highest BCUT2D eigenvalue weighted by Gasteiger charge is 2.48. The molecular weight excluding hydrogens is 438 g/mol. The van der Waals surface area contributed by atoms with Gasteiger partial charge in [-0.3, -0.25) is 19.3 Å². The van der Waals surface area contributed by atoms with E-state index in [1.54, 1.807) is 60.7 Å². The minimum absolute atomic E-state index is 0.0878. The van der Waals surface area contributed by atoms with Gasteiger partial charge in [0, 0.05) is 11.3 Å². The number of aliphatic hydroxyl groups is 1. The molecule has 8 heteroatoms. The Labute approximate surface area is 195 Å². The predicted octanol–water partition coefficient (Wildman–Crippen LogP) is 4.32. The van der Waals surface area contributed by atoms with Crippen LogP contribution in [0, 0.1) is 0 Å². The van der Waals surface area contributed by atoms with Crippen LogP contribution in [0.5, 0.6) is 5.75 Å². The van der Waals surface area contributed by atoms with Crippen LogP contribution in [-0.4, -0.2) is 34.0 Å². The highest BCUT2D eigenvalue weighted by atomic mass is 16.5. The van der Waals surface area contributed by atoms with Crippen LogP contribution in [0.15, 0.2) is 76.9 Å². The number of aliphatic hydroxyl groups excluding tert-OH is 1. The Bertz CT molecular complexity index is 1260. The van der Waals surface area contributed by atoms with Crippen molar-refractivity contribution in [3.05, 3.63) is 89.4 Å². The van der Waals surface area contributed by atoms with Crippen molar-refractivity contribution >= 4 is 29.1 Å². The van der Waals surface area contributed by atoms with Crippen molar-refractivity contribution < 1.29 is 33.8 Å². The summed E-state index contributed by atoms with van der Waals surface area (Å²) in [6.45, 7) is 3.74. The summed E-state index contributed by atoms with van der Waals surface area (Å²) in [6.07, 6.45) is 1.16. The topological polar surface area (TPSA) is 117 Å². The number of ether oxygens (including phenoxy) is 1. The summed E-state index contributed by atoms with van der Waals surface area (Å²) in [7, 11) is 0. The van der Waals surface area contributed by atoms with Crippen molar-refractivity contribution in [3.63, 3.8) is 0 Å². The van der Waals surface area contributed by atoms with Crippen molar-refractivity contribution in [1.82, 2.24) is 0 Å². The molecule has 2 heterocycles. The fourth-order valence-electron chi connectivity index (χ4n) is 3.91. The Morgan fingerprint density at radius 3 is 2.41 bits per heavy atom. The van der Waals surface area contributed by atoms with Crippen molar-refractivity contribution in [2.75, 3.05) is 4.90 Å². The molecule has 174 valence electrons. The van der Waals surface area contributed by atoms with Gasteiger partial charge in [-0.25, -0.2) is 0 Å². The van der Waals surface area contributed by atoms with Crippen LogP contribution in [0.25, 0.3) is 5.76 Å². The highest BCUT2D eigenvalue weighted by molar-refractivity contribution is 6.51. The van der Waals surface area contributed by atoms with Gasteiger partial charge in [0.1, 0.15) is 23.3 Å². The first kappa shape index (κ1) is 22.8. The fourth-order valence-corrected chi connectivity index (χ4v) is 3.91. The Kier molecular flexibility index (Phi) is 6.23. The van der Waals surface area contributed by atoms with E-state index >= 15 is 0 Å². The first-order chi connectivity index (χ1) is 16.3. The lowest BCUT2D eigenvalue weighted by atomic mass is 9.99. The van der Waals surface area contributed by atoms with Crippen molar-refractivity contribution in [2.24, 2.45) is 0 Å². The van der Waals surface area contributed by atoms with E-state index in [9.17, 15) is 19.5 Å².